The first-order valence-electron chi connectivity index (χ1n) is 4.91. The summed E-state index contributed by atoms with van der Waals surface area (Å²) in [6.07, 6.45) is 0.850. The van der Waals surface area contributed by atoms with E-state index in [2.05, 4.69) is 5.32 Å². The number of alkyl halides is 1. The predicted molar refractivity (Wildman–Crippen MR) is 54.8 cm³/mol. The van der Waals surface area contributed by atoms with Crippen molar-refractivity contribution in [2.45, 2.75) is 25.4 Å². The number of sulfone groups is 1. The lowest BCUT2D eigenvalue weighted by Gasteiger charge is -2.26. The Kier molecular flexibility index (Phi) is 3.53. The maximum atomic E-state index is 14.0. The summed E-state index contributed by atoms with van der Waals surface area (Å²) in [4.78, 5) is 0. The number of nitrogens with one attached hydrogen (secondary N) is 1. The first kappa shape index (κ1) is 11.9. The van der Waals surface area contributed by atoms with E-state index in [0.717, 1.165) is 0 Å². The van der Waals surface area contributed by atoms with Crippen molar-refractivity contribution in [1.29, 1.82) is 0 Å². The zero-order valence-corrected chi connectivity index (χ0v) is 9.53. The molecule has 84 valence electrons. The molecule has 0 aliphatic carbocycles. The Morgan fingerprint density at radius 3 is 2.64 bits per heavy atom. The lowest BCUT2D eigenvalue weighted by molar-refractivity contribution is 0.106. The average molecular weight is 223 g/mol. The SMILES string of the molecule is CNCCC(C)(F)C1CCS(=O)(=O)C1. The molecule has 1 N–H and O–H groups in total. The Bertz CT molecular complexity index is 287. The Hall–Kier alpha value is -0.160. The second-order valence-electron chi connectivity index (χ2n) is 4.23. The summed E-state index contributed by atoms with van der Waals surface area (Å²) < 4.78 is 36.4. The van der Waals surface area contributed by atoms with Crippen molar-refractivity contribution in [1.82, 2.24) is 5.32 Å². The molecule has 0 aromatic carbocycles. The summed E-state index contributed by atoms with van der Waals surface area (Å²) in [5, 5.41) is 2.88. The van der Waals surface area contributed by atoms with E-state index in [4.69, 9.17) is 0 Å². The van der Waals surface area contributed by atoms with E-state index in [9.17, 15) is 12.8 Å². The Labute approximate surface area is 85.0 Å². The Morgan fingerprint density at radius 1 is 1.57 bits per heavy atom. The van der Waals surface area contributed by atoms with Crippen molar-refractivity contribution in [3.8, 4) is 0 Å². The van der Waals surface area contributed by atoms with E-state index >= 15 is 0 Å². The van der Waals surface area contributed by atoms with Crippen LogP contribution in [0.4, 0.5) is 4.39 Å². The minimum Gasteiger partial charge on any atom is -0.320 e. The van der Waals surface area contributed by atoms with Crippen molar-refractivity contribution in [2.75, 3.05) is 25.1 Å². The molecule has 2 unspecified atom stereocenters. The van der Waals surface area contributed by atoms with E-state index in [0.29, 0.717) is 19.4 Å². The molecule has 0 aromatic heterocycles. The molecule has 0 spiro atoms. The predicted octanol–water partition coefficient (Wildman–Crippen LogP) is 0.759. The summed E-state index contributed by atoms with van der Waals surface area (Å²) >= 11 is 0. The molecule has 0 saturated carbocycles. The third-order valence-electron chi connectivity index (χ3n) is 2.95. The lowest BCUT2D eigenvalue weighted by Crippen LogP contribution is -2.33. The highest BCUT2D eigenvalue weighted by Gasteiger charge is 2.41. The van der Waals surface area contributed by atoms with E-state index in [1.54, 1.807) is 7.05 Å². The van der Waals surface area contributed by atoms with Gasteiger partial charge in [0.15, 0.2) is 9.84 Å². The largest absolute Gasteiger partial charge is 0.320 e. The van der Waals surface area contributed by atoms with Gasteiger partial charge in [-0.05, 0) is 33.4 Å². The highest BCUT2D eigenvalue weighted by atomic mass is 32.2. The van der Waals surface area contributed by atoms with Crippen molar-refractivity contribution in [2.24, 2.45) is 5.92 Å². The third kappa shape index (κ3) is 2.92. The molecule has 0 bridgehead atoms. The summed E-state index contributed by atoms with van der Waals surface area (Å²) in [7, 11) is -1.20. The van der Waals surface area contributed by atoms with Crippen LogP contribution in [0, 0.1) is 5.92 Å². The molecule has 0 aromatic rings. The number of hydrogen-bond acceptors (Lipinski definition) is 3. The van der Waals surface area contributed by atoms with Gasteiger partial charge >= 0.3 is 0 Å². The fourth-order valence-corrected chi connectivity index (χ4v) is 3.78. The van der Waals surface area contributed by atoms with Crippen LogP contribution < -0.4 is 5.32 Å². The van der Waals surface area contributed by atoms with Crippen LogP contribution in [0.2, 0.25) is 0 Å². The van der Waals surface area contributed by atoms with E-state index in [1.807, 2.05) is 0 Å². The quantitative estimate of drug-likeness (QED) is 0.765. The summed E-state index contributed by atoms with van der Waals surface area (Å²) in [6, 6.07) is 0. The normalized spacial score (nSPS) is 30.1. The molecular formula is C9H18FNO2S. The molecular weight excluding hydrogens is 205 g/mol. The Balaban J connectivity index is 2.57. The number of rotatable bonds is 4. The Morgan fingerprint density at radius 2 is 2.21 bits per heavy atom. The monoisotopic (exact) mass is 223 g/mol. The zero-order chi connectivity index (χ0) is 10.8. The third-order valence-corrected chi connectivity index (χ3v) is 4.72. The van der Waals surface area contributed by atoms with Crippen molar-refractivity contribution >= 4 is 9.84 Å². The van der Waals surface area contributed by atoms with Gasteiger partial charge in [0.05, 0.1) is 11.5 Å². The second kappa shape index (κ2) is 4.14. The van der Waals surface area contributed by atoms with Crippen LogP contribution in [0.25, 0.3) is 0 Å². The van der Waals surface area contributed by atoms with Gasteiger partial charge in [-0.25, -0.2) is 12.8 Å². The van der Waals surface area contributed by atoms with Crippen LogP contribution in [-0.4, -0.2) is 39.2 Å². The lowest BCUT2D eigenvalue weighted by atomic mass is 9.87. The van der Waals surface area contributed by atoms with Crippen LogP contribution in [0.3, 0.4) is 0 Å². The van der Waals surface area contributed by atoms with Gasteiger partial charge in [-0.1, -0.05) is 0 Å². The summed E-state index contributed by atoms with van der Waals surface area (Å²) in [5.41, 5.74) is -1.35. The van der Waals surface area contributed by atoms with Crippen LogP contribution in [0.15, 0.2) is 0 Å². The maximum absolute atomic E-state index is 14.0. The maximum Gasteiger partial charge on any atom is 0.150 e. The van der Waals surface area contributed by atoms with Crippen LogP contribution in [-0.2, 0) is 9.84 Å². The minimum absolute atomic E-state index is 0.0176. The van der Waals surface area contributed by atoms with E-state index in [-0.39, 0.29) is 17.4 Å². The molecule has 1 heterocycles. The van der Waals surface area contributed by atoms with Crippen LogP contribution >= 0.6 is 0 Å². The van der Waals surface area contributed by atoms with Gasteiger partial charge in [0.25, 0.3) is 0 Å². The van der Waals surface area contributed by atoms with Gasteiger partial charge in [-0.15, -0.1) is 0 Å². The van der Waals surface area contributed by atoms with Crippen molar-refractivity contribution in [3.63, 3.8) is 0 Å². The molecule has 3 nitrogen and oxygen atoms in total. The molecule has 1 aliphatic heterocycles. The highest BCUT2D eigenvalue weighted by molar-refractivity contribution is 7.91. The summed E-state index contributed by atoms with van der Waals surface area (Å²) in [5.74, 6) is -0.152. The fraction of sp³-hybridized carbons (Fsp3) is 1.00. The van der Waals surface area contributed by atoms with Gasteiger partial charge in [-0.3, -0.25) is 0 Å². The number of hydrogen-bond donors (Lipinski definition) is 1. The van der Waals surface area contributed by atoms with Gasteiger partial charge in [-0.2, -0.15) is 0 Å². The molecule has 1 fully saturated rings. The van der Waals surface area contributed by atoms with E-state index in [1.165, 1.54) is 6.92 Å². The van der Waals surface area contributed by atoms with Gasteiger partial charge in [0.1, 0.15) is 5.67 Å². The minimum atomic E-state index is -2.96. The van der Waals surface area contributed by atoms with Crippen LogP contribution in [0.5, 0.6) is 0 Å². The number of halogens is 1. The van der Waals surface area contributed by atoms with Crippen molar-refractivity contribution < 1.29 is 12.8 Å². The molecule has 1 aliphatic rings. The van der Waals surface area contributed by atoms with Crippen LogP contribution in [0.1, 0.15) is 19.8 Å². The molecule has 1 rings (SSSR count). The molecule has 14 heavy (non-hydrogen) atoms. The first-order valence-corrected chi connectivity index (χ1v) is 6.73. The second-order valence-corrected chi connectivity index (χ2v) is 6.46. The molecule has 0 amide bonds. The molecule has 5 heteroatoms. The highest BCUT2D eigenvalue weighted by Crippen LogP contribution is 2.34. The van der Waals surface area contributed by atoms with Gasteiger partial charge < -0.3 is 5.32 Å². The zero-order valence-electron chi connectivity index (χ0n) is 8.72. The topological polar surface area (TPSA) is 46.2 Å². The van der Waals surface area contributed by atoms with Crippen molar-refractivity contribution in [3.05, 3.63) is 0 Å². The molecule has 0 radical (unpaired) electrons. The van der Waals surface area contributed by atoms with E-state index < -0.39 is 15.5 Å². The molecule has 2 atom stereocenters. The average Bonchev–Trinajstić information content (AvgIpc) is 2.43. The summed E-state index contributed by atoms with van der Waals surface area (Å²) in [6.45, 7) is 2.10. The standard InChI is InChI=1S/C9H18FNO2S/c1-9(10,4-5-11-2)8-3-6-14(12,13)7-8/h8,11H,3-7H2,1-2H3. The molecule has 1 saturated heterocycles. The van der Waals surface area contributed by atoms with Gasteiger partial charge in [0, 0.05) is 5.92 Å². The first-order chi connectivity index (χ1) is 6.37. The fourth-order valence-electron chi connectivity index (χ4n) is 1.84. The van der Waals surface area contributed by atoms with Gasteiger partial charge in [0.2, 0.25) is 0 Å². The smallest absolute Gasteiger partial charge is 0.150 e.